The summed E-state index contributed by atoms with van der Waals surface area (Å²) in [5.41, 5.74) is 6.67. The minimum Gasteiger partial charge on any atom is -0.399 e. The zero-order valence-electron chi connectivity index (χ0n) is 12.3. The van der Waals surface area contributed by atoms with Crippen molar-refractivity contribution in [3.63, 3.8) is 0 Å². The Labute approximate surface area is 123 Å². The molecular formula is C15H22N4O2. The van der Waals surface area contributed by atoms with Crippen LogP contribution in [-0.4, -0.2) is 29.7 Å². The third-order valence-corrected chi connectivity index (χ3v) is 3.13. The number of H-pyrrole nitrogens is 1. The van der Waals surface area contributed by atoms with Gasteiger partial charge in [-0.15, -0.1) is 0 Å². The molecule has 0 bridgehead atoms. The van der Waals surface area contributed by atoms with E-state index in [1.54, 1.807) is 18.2 Å². The highest BCUT2D eigenvalue weighted by Crippen LogP contribution is 2.12. The van der Waals surface area contributed by atoms with Crippen molar-refractivity contribution in [1.82, 2.24) is 9.97 Å². The summed E-state index contributed by atoms with van der Waals surface area (Å²) in [4.78, 5) is 19.0. The fraction of sp³-hybridized carbons (Fsp3) is 0.467. The second-order valence-electron chi connectivity index (χ2n) is 4.94. The summed E-state index contributed by atoms with van der Waals surface area (Å²) in [5, 5.41) is 3.61. The summed E-state index contributed by atoms with van der Waals surface area (Å²) in [5.74, 6) is 0.478. The lowest BCUT2D eigenvalue weighted by Gasteiger charge is -2.07. The lowest BCUT2D eigenvalue weighted by atomic mass is 10.2. The van der Waals surface area contributed by atoms with Crippen LogP contribution >= 0.6 is 0 Å². The molecule has 0 saturated heterocycles. The number of nitrogens with zero attached hydrogens (tertiary/aromatic N) is 1. The van der Waals surface area contributed by atoms with Crippen LogP contribution in [0.25, 0.3) is 10.9 Å². The Morgan fingerprint density at radius 2 is 2.14 bits per heavy atom. The van der Waals surface area contributed by atoms with Gasteiger partial charge in [0.05, 0.1) is 10.9 Å². The summed E-state index contributed by atoms with van der Waals surface area (Å²) in [6.07, 6.45) is 3.11. The summed E-state index contributed by atoms with van der Waals surface area (Å²) < 4.78 is 5.47. The molecule has 1 heterocycles. The van der Waals surface area contributed by atoms with Crippen molar-refractivity contribution in [3.05, 3.63) is 28.6 Å². The molecule has 0 unspecified atom stereocenters. The Hall–Kier alpha value is -2.08. The van der Waals surface area contributed by atoms with Crippen LogP contribution in [0, 0.1) is 0 Å². The molecule has 2 aromatic rings. The quantitative estimate of drug-likeness (QED) is 0.511. The molecule has 0 saturated carbocycles. The fourth-order valence-electron chi connectivity index (χ4n) is 1.97. The number of rotatable bonds is 8. The SMILES string of the molecule is CCCCOCCCNc1nc2ccc(N)cc2c(=O)[nH]1. The first-order valence-electron chi connectivity index (χ1n) is 7.32. The number of nitrogens with two attached hydrogens (primary N) is 1. The molecular weight excluding hydrogens is 268 g/mol. The van der Waals surface area contributed by atoms with E-state index in [2.05, 4.69) is 22.2 Å². The van der Waals surface area contributed by atoms with Crippen LogP contribution in [0.5, 0.6) is 0 Å². The third-order valence-electron chi connectivity index (χ3n) is 3.13. The topological polar surface area (TPSA) is 93.0 Å². The van der Waals surface area contributed by atoms with Crippen molar-refractivity contribution in [2.24, 2.45) is 0 Å². The van der Waals surface area contributed by atoms with Gasteiger partial charge in [0.25, 0.3) is 5.56 Å². The normalized spacial score (nSPS) is 10.9. The Kier molecular flexibility index (Phi) is 5.57. The monoisotopic (exact) mass is 290 g/mol. The number of nitrogen functional groups attached to an aromatic ring is 1. The number of benzene rings is 1. The number of fused-ring (bicyclic) bond motifs is 1. The largest absolute Gasteiger partial charge is 0.399 e. The molecule has 0 amide bonds. The average Bonchev–Trinajstić information content (AvgIpc) is 2.47. The molecule has 0 aliphatic rings. The molecule has 0 aliphatic heterocycles. The third kappa shape index (κ3) is 4.46. The van der Waals surface area contributed by atoms with E-state index in [9.17, 15) is 4.79 Å². The first-order chi connectivity index (χ1) is 10.2. The van der Waals surface area contributed by atoms with E-state index in [0.29, 0.717) is 35.7 Å². The summed E-state index contributed by atoms with van der Waals surface area (Å²) in [6, 6.07) is 5.12. The van der Waals surface area contributed by atoms with E-state index in [1.165, 1.54) is 0 Å². The average molecular weight is 290 g/mol. The highest BCUT2D eigenvalue weighted by molar-refractivity contribution is 5.81. The van der Waals surface area contributed by atoms with Crippen LogP contribution in [-0.2, 0) is 4.74 Å². The van der Waals surface area contributed by atoms with E-state index in [-0.39, 0.29) is 5.56 Å². The van der Waals surface area contributed by atoms with Gasteiger partial charge in [0.15, 0.2) is 0 Å². The van der Waals surface area contributed by atoms with Crippen molar-refractivity contribution >= 4 is 22.5 Å². The minimum absolute atomic E-state index is 0.186. The van der Waals surface area contributed by atoms with Crippen molar-refractivity contribution in [2.45, 2.75) is 26.2 Å². The lowest BCUT2D eigenvalue weighted by Crippen LogP contribution is -2.15. The van der Waals surface area contributed by atoms with Crippen LogP contribution in [0.15, 0.2) is 23.0 Å². The maximum absolute atomic E-state index is 11.9. The Bertz CT molecular complexity index is 639. The van der Waals surface area contributed by atoms with Gasteiger partial charge in [0, 0.05) is 25.4 Å². The molecule has 21 heavy (non-hydrogen) atoms. The van der Waals surface area contributed by atoms with Gasteiger partial charge in [-0.25, -0.2) is 4.98 Å². The Morgan fingerprint density at radius 1 is 1.33 bits per heavy atom. The molecule has 114 valence electrons. The van der Waals surface area contributed by atoms with Crippen molar-refractivity contribution in [1.29, 1.82) is 0 Å². The summed E-state index contributed by atoms with van der Waals surface area (Å²) >= 11 is 0. The highest BCUT2D eigenvalue weighted by atomic mass is 16.5. The molecule has 0 spiro atoms. The Balaban J connectivity index is 1.88. The number of aromatic amines is 1. The summed E-state index contributed by atoms with van der Waals surface area (Å²) in [6.45, 7) is 4.36. The molecule has 4 N–H and O–H groups in total. The second kappa shape index (κ2) is 7.64. The molecule has 1 aromatic carbocycles. The van der Waals surface area contributed by atoms with Crippen molar-refractivity contribution in [2.75, 3.05) is 30.8 Å². The maximum atomic E-state index is 11.9. The van der Waals surface area contributed by atoms with Crippen molar-refractivity contribution < 1.29 is 4.74 Å². The van der Waals surface area contributed by atoms with Gasteiger partial charge in [0.1, 0.15) is 0 Å². The van der Waals surface area contributed by atoms with Gasteiger partial charge in [-0.1, -0.05) is 13.3 Å². The number of anilines is 2. The van der Waals surface area contributed by atoms with Gasteiger partial charge in [-0.3, -0.25) is 9.78 Å². The molecule has 0 atom stereocenters. The maximum Gasteiger partial charge on any atom is 0.260 e. The molecule has 1 aromatic heterocycles. The van der Waals surface area contributed by atoms with Gasteiger partial charge in [-0.05, 0) is 31.0 Å². The highest BCUT2D eigenvalue weighted by Gasteiger charge is 2.03. The van der Waals surface area contributed by atoms with Crippen molar-refractivity contribution in [3.8, 4) is 0 Å². The standard InChI is InChI=1S/C15H22N4O2/c1-2-3-8-21-9-4-7-17-15-18-13-6-5-11(16)10-12(13)14(20)19-15/h5-6,10H,2-4,7-9,16H2,1H3,(H2,17,18,19,20). The number of hydrogen-bond acceptors (Lipinski definition) is 5. The van der Waals surface area contributed by atoms with E-state index in [1.807, 2.05) is 0 Å². The molecule has 6 nitrogen and oxygen atoms in total. The lowest BCUT2D eigenvalue weighted by molar-refractivity contribution is 0.131. The first-order valence-corrected chi connectivity index (χ1v) is 7.32. The molecule has 6 heteroatoms. The van der Waals surface area contributed by atoms with E-state index in [0.717, 1.165) is 25.9 Å². The number of unbranched alkanes of at least 4 members (excludes halogenated alkanes) is 1. The van der Waals surface area contributed by atoms with Gasteiger partial charge < -0.3 is 15.8 Å². The van der Waals surface area contributed by atoms with Gasteiger partial charge >= 0.3 is 0 Å². The fourth-order valence-corrected chi connectivity index (χ4v) is 1.97. The van der Waals surface area contributed by atoms with E-state index in [4.69, 9.17) is 10.5 Å². The van der Waals surface area contributed by atoms with E-state index >= 15 is 0 Å². The van der Waals surface area contributed by atoms with Crippen LogP contribution in [0.2, 0.25) is 0 Å². The number of hydrogen-bond donors (Lipinski definition) is 3. The smallest absolute Gasteiger partial charge is 0.260 e. The van der Waals surface area contributed by atoms with Crippen LogP contribution in [0.3, 0.4) is 0 Å². The van der Waals surface area contributed by atoms with Crippen LogP contribution in [0.1, 0.15) is 26.2 Å². The summed E-state index contributed by atoms with van der Waals surface area (Å²) in [7, 11) is 0. The number of nitrogens with one attached hydrogen (secondary N) is 2. The predicted molar refractivity (Wildman–Crippen MR) is 85.6 cm³/mol. The molecule has 0 aliphatic carbocycles. The first kappa shape index (κ1) is 15.3. The second-order valence-corrected chi connectivity index (χ2v) is 4.94. The zero-order valence-corrected chi connectivity index (χ0v) is 12.3. The minimum atomic E-state index is -0.186. The Morgan fingerprint density at radius 3 is 2.95 bits per heavy atom. The molecule has 0 fully saturated rings. The number of aromatic nitrogens is 2. The molecule has 2 rings (SSSR count). The van der Waals surface area contributed by atoms with E-state index < -0.39 is 0 Å². The predicted octanol–water partition coefficient (Wildman–Crippen LogP) is 2.12. The van der Waals surface area contributed by atoms with Gasteiger partial charge in [0.2, 0.25) is 5.95 Å². The van der Waals surface area contributed by atoms with Crippen LogP contribution in [0.4, 0.5) is 11.6 Å². The molecule has 0 radical (unpaired) electrons. The zero-order chi connectivity index (χ0) is 15.1. The number of ether oxygens (including phenoxy) is 1. The van der Waals surface area contributed by atoms with Gasteiger partial charge in [-0.2, -0.15) is 0 Å². The van der Waals surface area contributed by atoms with Crippen LogP contribution < -0.4 is 16.6 Å².